The molecule has 2 atom stereocenters. The SMILES string of the molecule is C[C@H]1C[C@H](C)CN(CCOc2ccc(NC(=O)C3(c4ccc([N+](=O)[O-])cc4)CCCC3)cc2)C1. The highest BCUT2D eigenvalue weighted by Gasteiger charge is 2.42. The van der Waals surface area contributed by atoms with E-state index in [4.69, 9.17) is 4.74 Å². The van der Waals surface area contributed by atoms with Crippen molar-refractivity contribution in [3.05, 3.63) is 64.2 Å². The Kier molecular flexibility index (Phi) is 7.51. The minimum atomic E-state index is -0.646. The quantitative estimate of drug-likeness (QED) is 0.417. The summed E-state index contributed by atoms with van der Waals surface area (Å²) in [6, 6.07) is 14.0. The van der Waals surface area contributed by atoms with E-state index in [0.717, 1.165) is 74.2 Å². The van der Waals surface area contributed by atoms with Crippen molar-refractivity contribution < 1.29 is 14.5 Å². The molecule has 2 aliphatic rings. The first kappa shape index (κ1) is 24.2. The first-order valence-electron chi connectivity index (χ1n) is 12.4. The lowest BCUT2D eigenvalue weighted by Crippen LogP contribution is -2.40. The third-order valence-corrected chi connectivity index (χ3v) is 7.26. The van der Waals surface area contributed by atoms with Gasteiger partial charge in [0, 0.05) is 37.5 Å². The summed E-state index contributed by atoms with van der Waals surface area (Å²) in [4.78, 5) is 26.4. The number of ether oxygens (including phenoxy) is 1. The van der Waals surface area contributed by atoms with Gasteiger partial charge in [0.1, 0.15) is 12.4 Å². The number of hydrogen-bond acceptors (Lipinski definition) is 5. The van der Waals surface area contributed by atoms with E-state index < -0.39 is 10.3 Å². The number of non-ortho nitro benzene ring substituents is 1. The van der Waals surface area contributed by atoms with E-state index in [2.05, 4.69) is 24.1 Å². The zero-order valence-electron chi connectivity index (χ0n) is 20.2. The summed E-state index contributed by atoms with van der Waals surface area (Å²) >= 11 is 0. The second kappa shape index (κ2) is 10.6. The van der Waals surface area contributed by atoms with Gasteiger partial charge in [-0.2, -0.15) is 0 Å². The Labute approximate surface area is 201 Å². The molecule has 2 fully saturated rings. The molecule has 1 amide bonds. The molecule has 7 heteroatoms. The van der Waals surface area contributed by atoms with Gasteiger partial charge in [0.25, 0.3) is 5.69 Å². The number of likely N-dealkylation sites (tertiary alicyclic amines) is 1. The van der Waals surface area contributed by atoms with Gasteiger partial charge < -0.3 is 10.1 Å². The highest BCUT2D eigenvalue weighted by atomic mass is 16.6. The number of amides is 1. The Morgan fingerprint density at radius 3 is 2.26 bits per heavy atom. The predicted molar refractivity (Wildman–Crippen MR) is 133 cm³/mol. The van der Waals surface area contributed by atoms with Crippen molar-refractivity contribution in [1.29, 1.82) is 0 Å². The Balaban J connectivity index is 1.34. The third-order valence-electron chi connectivity index (χ3n) is 7.26. The van der Waals surface area contributed by atoms with Crippen molar-refractivity contribution in [2.24, 2.45) is 11.8 Å². The summed E-state index contributed by atoms with van der Waals surface area (Å²) < 4.78 is 5.95. The van der Waals surface area contributed by atoms with E-state index in [1.807, 2.05) is 24.3 Å². The fraction of sp³-hybridized carbons (Fsp3) is 0.519. The molecule has 2 aromatic carbocycles. The lowest BCUT2D eigenvalue weighted by molar-refractivity contribution is -0.384. The number of benzene rings is 2. The van der Waals surface area contributed by atoms with Crippen LogP contribution < -0.4 is 10.1 Å². The first-order chi connectivity index (χ1) is 16.4. The van der Waals surface area contributed by atoms with E-state index >= 15 is 0 Å². The van der Waals surface area contributed by atoms with Crippen LogP contribution in [-0.2, 0) is 10.2 Å². The van der Waals surface area contributed by atoms with E-state index in [1.54, 1.807) is 12.1 Å². The van der Waals surface area contributed by atoms with Gasteiger partial charge >= 0.3 is 0 Å². The van der Waals surface area contributed by atoms with Crippen LogP contribution in [0.1, 0.15) is 51.5 Å². The van der Waals surface area contributed by atoms with Gasteiger partial charge in [-0.15, -0.1) is 0 Å². The number of hydrogen-bond donors (Lipinski definition) is 1. The van der Waals surface area contributed by atoms with Gasteiger partial charge in [0.05, 0.1) is 10.3 Å². The summed E-state index contributed by atoms with van der Waals surface area (Å²) in [5.41, 5.74) is 0.961. The van der Waals surface area contributed by atoms with Crippen molar-refractivity contribution in [1.82, 2.24) is 4.90 Å². The molecule has 0 unspecified atom stereocenters. The first-order valence-corrected chi connectivity index (χ1v) is 12.4. The molecule has 1 saturated heterocycles. The summed E-state index contributed by atoms with van der Waals surface area (Å²) in [5.74, 6) is 2.21. The number of piperidine rings is 1. The predicted octanol–water partition coefficient (Wildman–Crippen LogP) is 5.40. The standard InChI is InChI=1S/C27H35N3O4/c1-20-17-21(2)19-29(18-20)15-16-34-25-11-7-23(8-12-25)28-26(31)27(13-3-4-14-27)22-5-9-24(10-6-22)30(32)33/h5-12,20-21H,3-4,13-19H2,1-2H3,(H,28,31)/t20-,21-/m0/s1. The second-order valence-corrected chi connectivity index (χ2v) is 10.1. The van der Waals surface area contributed by atoms with Gasteiger partial charge in [0.2, 0.25) is 5.91 Å². The number of nitrogens with zero attached hydrogens (tertiary/aromatic N) is 2. The van der Waals surface area contributed by atoms with Gasteiger partial charge in [-0.25, -0.2) is 0 Å². The van der Waals surface area contributed by atoms with E-state index in [-0.39, 0.29) is 11.6 Å². The highest BCUT2D eigenvalue weighted by Crippen LogP contribution is 2.42. The molecule has 1 saturated carbocycles. The molecule has 1 aliphatic carbocycles. The van der Waals surface area contributed by atoms with Crippen LogP contribution in [0, 0.1) is 22.0 Å². The summed E-state index contributed by atoms with van der Waals surface area (Å²) in [5, 5.41) is 14.1. The van der Waals surface area contributed by atoms with Crippen molar-refractivity contribution in [2.45, 2.75) is 51.4 Å². The second-order valence-electron chi connectivity index (χ2n) is 10.1. The maximum atomic E-state index is 13.4. The topological polar surface area (TPSA) is 84.7 Å². The minimum Gasteiger partial charge on any atom is -0.492 e. The number of carbonyl (C=O) groups excluding carboxylic acids is 1. The van der Waals surface area contributed by atoms with E-state index in [1.165, 1.54) is 18.6 Å². The lowest BCUT2D eigenvalue weighted by atomic mass is 9.78. The molecule has 34 heavy (non-hydrogen) atoms. The van der Waals surface area contributed by atoms with E-state index in [9.17, 15) is 14.9 Å². The van der Waals surface area contributed by atoms with Crippen molar-refractivity contribution in [3.8, 4) is 5.75 Å². The third kappa shape index (κ3) is 5.58. The van der Waals surface area contributed by atoms with Crippen LogP contribution in [0.3, 0.4) is 0 Å². The largest absolute Gasteiger partial charge is 0.492 e. The average Bonchev–Trinajstić information content (AvgIpc) is 3.31. The van der Waals surface area contributed by atoms with Gasteiger partial charge in [-0.3, -0.25) is 19.8 Å². The number of carbonyl (C=O) groups is 1. The van der Waals surface area contributed by atoms with Crippen LogP contribution in [0.4, 0.5) is 11.4 Å². The molecular weight excluding hydrogens is 430 g/mol. The normalized spacial score (nSPS) is 22.3. The molecule has 0 aromatic heterocycles. The summed E-state index contributed by atoms with van der Waals surface area (Å²) in [7, 11) is 0. The molecular formula is C27H35N3O4. The number of anilines is 1. The minimum absolute atomic E-state index is 0.0391. The van der Waals surface area contributed by atoms with Gasteiger partial charge in [-0.05, 0) is 60.9 Å². The zero-order chi connectivity index (χ0) is 24.1. The number of nitro benzene ring substituents is 1. The monoisotopic (exact) mass is 465 g/mol. The summed E-state index contributed by atoms with van der Waals surface area (Å²) in [6.45, 7) is 8.46. The van der Waals surface area contributed by atoms with E-state index in [0.29, 0.717) is 6.61 Å². The Bertz CT molecular complexity index is 974. The maximum Gasteiger partial charge on any atom is 0.269 e. The van der Waals surface area contributed by atoms with Gasteiger partial charge in [-0.1, -0.05) is 38.8 Å². The summed E-state index contributed by atoms with van der Waals surface area (Å²) in [6.07, 6.45) is 4.71. The Hall–Kier alpha value is -2.93. The molecule has 1 N–H and O–H groups in total. The molecule has 7 nitrogen and oxygen atoms in total. The number of nitrogens with one attached hydrogen (secondary N) is 1. The molecule has 4 rings (SSSR count). The molecule has 182 valence electrons. The molecule has 2 aromatic rings. The zero-order valence-corrected chi connectivity index (χ0v) is 20.2. The lowest BCUT2D eigenvalue weighted by Gasteiger charge is -2.34. The number of rotatable bonds is 8. The average molecular weight is 466 g/mol. The highest BCUT2D eigenvalue weighted by molar-refractivity contribution is 5.99. The molecule has 0 bridgehead atoms. The van der Waals surface area contributed by atoms with Crippen LogP contribution in [0.2, 0.25) is 0 Å². The van der Waals surface area contributed by atoms with Crippen LogP contribution >= 0.6 is 0 Å². The fourth-order valence-electron chi connectivity index (χ4n) is 5.68. The maximum absolute atomic E-state index is 13.4. The fourth-order valence-corrected chi connectivity index (χ4v) is 5.68. The van der Waals surface area contributed by atoms with Crippen molar-refractivity contribution in [2.75, 3.05) is 31.6 Å². The van der Waals surface area contributed by atoms with Crippen molar-refractivity contribution >= 4 is 17.3 Å². The molecule has 1 heterocycles. The van der Waals surface area contributed by atoms with Crippen LogP contribution in [0.5, 0.6) is 5.75 Å². The van der Waals surface area contributed by atoms with Crippen LogP contribution in [0.25, 0.3) is 0 Å². The van der Waals surface area contributed by atoms with Crippen LogP contribution in [-0.4, -0.2) is 42.0 Å². The van der Waals surface area contributed by atoms with Crippen LogP contribution in [0.15, 0.2) is 48.5 Å². The number of nitro groups is 1. The smallest absolute Gasteiger partial charge is 0.269 e. The van der Waals surface area contributed by atoms with Crippen molar-refractivity contribution in [3.63, 3.8) is 0 Å². The molecule has 0 radical (unpaired) electrons. The molecule has 1 aliphatic heterocycles. The Morgan fingerprint density at radius 1 is 1.06 bits per heavy atom. The Morgan fingerprint density at radius 2 is 1.68 bits per heavy atom. The van der Waals surface area contributed by atoms with Gasteiger partial charge in [0.15, 0.2) is 0 Å². The molecule has 0 spiro atoms.